The highest BCUT2D eigenvalue weighted by Gasteiger charge is 2.04. The van der Waals surface area contributed by atoms with Gasteiger partial charge in [0.2, 0.25) is 0 Å². The maximum Gasteiger partial charge on any atom is 0.142 e. The number of hydrogen-bond acceptors (Lipinski definition) is 3. The highest BCUT2D eigenvalue weighted by atomic mass is 35.5. The summed E-state index contributed by atoms with van der Waals surface area (Å²) in [6.45, 7) is 1.09. The van der Waals surface area contributed by atoms with Crippen molar-refractivity contribution in [3.8, 4) is 0 Å². The molecular formula is C12H11ClFN3. The van der Waals surface area contributed by atoms with Gasteiger partial charge in [0.1, 0.15) is 12.1 Å². The first-order chi connectivity index (χ1) is 8.27. The van der Waals surface area contributed by atoms with Gasteiger partial charge in [-0.3, -0.25) is 0 Å². The van der Waals surface area contributed by atoms with Gasteiger partial charge in [0.25, 0.3) is 0 Å². The van der Waals surface area contributed by atoms with E-state index in [9.17, 15) is 4.39 Å². The molecule has 0 unspecified atom stereocenters. The third-order valence-corrected chi connectivity index (χ3v) is 2.72. The number of benzene rings is 1. The Morgan fingerprint density at radius 3 is 2.88 bits per heavy atom. The van der Waals surface area contributed by atoms with Crippen LogP contribution in [0.5, 0.6) is 0 Å². The smallest absolute Gasteiger partial charge is 0.142 e. The van der Waals surface area contributed by atoms with Crippen LogP contribution in [0.3, 0.4) is 0 Å². The first-order valence-electron chi connectivity index (χ1n) is 5.16. The van der Waals surface area contributed by atoms with Crippen molar-refractivity contribution in [2.75, 3.05) is 0 Å². The summed E-state index contributed by atoms with van der Waals surface area (Å²) >= 11 is 5.83. The van der Waals surface area contributed by atoms with Crippen LogP contribution in [0.15, 0.2) is 36.8 Å². The van der Waals surface area contributed by atoms with Gasteiger partial charge in [0.05, 0.1) is 10.7 Å². The predicted octanol–water partition coefficient (Wildman–Crippen LogP) is 2.56. The molecule has 0 bridgehead atoms. The van der Waals surface area contributed by atoms with E-state index in [0.29, 0.717) is 13.1 Å². The standard InChI is InChI=1S/C12H11ClFN3/c13-12-9(2-1-3-11(12)14)6-16-7-10-4-5-15-8-17-10/h1-5,8,16H,6-7H2. The largest absolute Gasteiger partial charge is 0.307 e. The van der Waals surface area contributed by atoms with Gasteiger partial charge in [-0.05, 0) is 17.7 Å². The molecule has 0 aliphatic heterocycles. The van der Waals surface area contributed by atoms with Crippen molar-refractivity contribution in [1.29, 1.82) is 0 Å². The van der Waals surface area contributed by atoms with Gasteiger partial charge in [-0.15, -0.1) is 0 Å². The Morgan fingerprint density at radius 2 is 2.12 bits per heavy atom. The number of nitrogens with zero attached hydrogens (tertiary/aromatic N) is 2. The van der Waals surface area contributed by atoms with Crippen molar-refractivity contribution >= 4 is 11.6 Å². The maximum absolute atomic E-state index is 13.1. The number of aromatic nitrogens is 2. The van der Waals surface area contributed by atoms with Gasteiger partial charge < -0.3 is 5.32 Å². The molecule has 0 fully saturated rings. The van der Waals surface area contributed by atoms with E-state index in [2.05, 4.69) is 15.3 Å². The highest BCUT2D eigenvalue weighted by molar-refractivity contribution is 6.31. The minimum Gasteiger partial charge on any atom is -0.307 e. The number of hydrogen-bond donors (Lipinski definition) is 1. The average Bonchev–Trinajstić information content (AvgIpc) is 2.36. The minimum atomic E-state index is -0.395. The molecule has 2 rings (SSSR count). The normalized spacial score (nSPS) is 10.5. The first-order valence-corrected chi connectivity index (χ1v) is 5.53. The average molecular weight is 252 g/mol. The van der Waals surface area contributed by atoms with Gasteiger partial charge in [0, 0.05) is 19.3 Å². The van der Waals surface area contributed by atoms with E-state index in [-0.39, 0.29) is 5.02 Å². The topological polar surface area (TPSA) is 37.8 Å². The summed E-state index contributed by atoms with van der Waals surface area (Å²) in [7, 11) is 0. The highest BCUT2D eigenvalue weighted by Crippen LogP contribution is 2.19. The number of nitrogens with one attached hydrogen (secondary N) is 1. The van der Waals surface area contributed by atoms with Gasteiger partial charge >= 0.3 is 0 Å². The molecule has 0 aliphatic carbocycles. The second-order valence-corrected chi connectivity index (χ2v) is 3.90. The van der Waals surface area contributed by atoms with Crippen LogP contribution >= 0.6 is 11.6 Å². The Balaban J connectivity index is 1.93. The third-order valence-electron chi connectivity index (χ3n) is 2.30. The van der Waals surface area contributed by atoms with E-state index >= 15 is 0 Å². The molecule has 0 amide bonds. The Hall–Kier alpha value is -1.52. The lowest BCUT2D eigenvalue weighted by Gasteiger charge is -2.06. The molecule has 0 atom stereocenters. The fourth-order valence-electron chi connectivity index (χ4n) is 1.43. The zero-order valence-electron chi connectivity index (χ0n) is 9.03. The van der Waals surface area contributed by atoms with Crippen molar-refractivity contribution in [2.24, 2.45) is 0 Å². The molecule has 3 nitrogen and oxygen atoms in total. The van der Waals surface area contributed by atoms with E-state index < -0.39 is 5.82 Å². The SMILES string of the molecule is Fc1cccc(CNCc2ccncn2)c1Cl. The van der Waals surface area contributed by atoms with Crippen molar-refractivity contribution in [3.63, 3.8) is 0 Å². The summed E-state index contributed by atoms with van der Waals surface area (Å²) in [6.07, 6.45) is 3.17. The molecule has 1 aromatic heterocycles. The summed E-state index contributed by atoms with van der Waals surface area (Å²) in [5.74, 6) is -0.395. The summed E-state index contributed by atoms with van der Waals surface area (Å²) < 4.78 is 13.1. The molecule has 1 N–H and O–H groups in total. The van der Waals surface area contributed by atoms with Gasteiger partial charge in [-0.1, -0.05) is 23.7 Å². The zero-order valence-corrected chi connectivity index (χ0v) is 9.78. The Kier molecular flexibility index (Phi) is 4.01. The van der Waals surface area contributed by atoms with Crippen LogP contribution in [0.2, 0.25) is 5.02 Å². The molecule has 2 aromatic rings. The number of rotatable bonds is 4. The lowest BCUT2D eigenvalue weighted by molar-refractivity contribution is 0.619. The first kappa shape index (κ1) is 12.0. The van der Waals surface area contributed by atoms with E-state index in [4.69, 9.17) is 11.6 Å². The Morgan fingerprint density at radius 1 is 1.24 bits per heavy atom. The van der Waals surface area contributed by atoms with E-state index in [1.165, 1.54) is 12.4 Å². The van der Waals surface area contributed by atoms with Gasteiger partial charge in [-0.25, -0.2) is 14.4 Å². The quantitative estimate of drug-likeness (QED) is 0.908. The molecule has 1 heterocycles. The fraction of sp³-hybridized carbons (Fsp3) is 0.167. The number of halogens is 2. The molecule has 0 saturated carbocycles. The molecule has 0 aliphatic rings. The van der Waals surface area contributed by atoms with Crippen LogP contribution in [-0.4, -0.2) is 9.97 Å². The third kappa shape index (κ3) is 3.22. The maximum atomic E-state index is 13.1. The molecular weight excluding hydrogens is 241 g/mol. The summed E-state index contributed by atoms with van der Waals surface area (Å²) in [4.78, 5) is 7.90. The molecule has 5 heteroatoms. The minimum absolute atomic E-state index is 0.169. The van der Waals surface area contributed by atoms with Crippen LogP contribution in [0, 0.1) is 5.82 Å². The lowest BCUT2D eigenvalue weighted by Crippen LogP contribution is -2.14. The van der Waals surface area contributed by atoms with E-state index in [1.807, 2.05) is 6.07 Å². The summed E-state index contributed by atoms with van der Waals surface area (Å²) in [6, 6.07) is 6.59. The molecule has 0 spiro atoms. The zero-order chi connectivity index (χ0) is 12.1. The summed E-state index contributed by atoms with van der Waals surface area (Å²) in [5.41, 5.74) is 1.62. The van der Waals surface area contributed by atoms with Crippen LogP contribution in [0.25, 0.3) is 0 Å². The van der Waals surface area contributed by atoms with Crippen molar-refractivity contribution < 1.29 is 4.39 Å². The van der Waals surface area contributed by atoms with Gasteiger partial charge in [-0.2, -0.15) is 0 Å². The monoisotopic (exact) mass is 251 g/mol. The van der Waals surface area contributed by atoms with Crippen LogP contribution in [0.4, 0.5) is 4.39 Å². The molecule has 88 valence electrons. The molecule has 0 radical (unpaired) electrons. The Bertz CT molecular complexity index is 490. The van der Waals surface area contributed by atoms with Crippen molar-refractivity contribution in [1.82, 2.24) is 15.3 Å². The predicted molar refractivity (Wildman–Crippen MR) is 64.0 cm³/mol. The molecule has 0 saturated heterocycles. The van der Waals surface area contributed by atoms with Crippen molar-refractivity contribution in [3.05, 3.63) is 58.9 Å². The van der Waals surface area contributed by atoms with Crippen LogP contribution < -0.4 is 5.32 Å². The molecule has 1 aromatic carbocycles. The summed E-state index contributed by atoms with van der Waals surface area (Å²) in [5, 5.41) is 3.31. The fourth-order valence-corrected chi connectivity index (χ4v) is 1.63. The van der Waals surface area contributed by atoms with Crippen molar-refractivity contribution in [2.45, 2.75) is 13.1 Å². The second kappa shape index (κ2) is 5.70. The van der Waals surface area contributed by atoms with E-state index in [1.54, 1.807) is 18.3 Å². The van der Waals surface area contributed by atoms with Crippen LogP contribution in [0.1, 0.15) is 11.3 Å². The van der Waals surface area contributed by atoms with E-state index in [0.717, 1.165) is 11.3 Å². The lowest BCUT2D eigenvalue weighted by atomic mass is 10.2. The molecule has 17 heavy (non-hydrogen) atoms. The van der Waals surface area contributed by atoms with Gasteiger partial charge in [0.15, 0.2) is 0 Å². The second-order valence-electron chi connectivity index (χ2n) is 3.52. The Labute approximate surface area is 104 Å². The van der Waals surface area contributed by atoms with Crippen LogP contribution in [-0.2, 0) is 13.1 Å².